The zero-order chi connectivity index (χ0) is 25.3. The molecule has 0 N–H and O–H groups in total. The van der Waals surface area contributed by atoms with E-state index in [1.807, 2.05) is 0 Å². The highest BCUT2D eigenvalue weighted by Crippen LogP contribution is 2.55. The highest BCUT2D eigenvalue weighted by Gasteiger charge is 2.54. The number of fused-ring (bicyclic) bond motifs is 3. The molecule has 192 valence electrons. The van der Waals surface area contributed by atoms with Gasteiger partial charge in [0.05, 0.1) is 5.54 Å². The Labute approximate surface area is 218 Å². The van der Waals surface area contributed by atoms with Gasteiger partial charge in [0, 0.05) is 18.0 Å². The van der Waals surface area contributed by atoms with E-state index < -0.39 is 0 Å². The van der Waals surface area contributed by atoms with E-state index in [0.717, 1.165) is 70.8 Å². The van der Waals surface area contributed by atoms with Crippen LogP contribution < -0.4 is 0 Å². The molecule has 3 aliphatic rings. The van der Waals surface area contributed by atoms with Crippen molar-refractivity contribution in [2.24, 2.45) is 5.92 Å². The molecule has 2 aliphatic carbocycles. The maximum atomic E-state index is 14.2. The molecule has 2 aromatic rings. The third-order valence-electron chi connectivity index (χ3n) is 9.82. The van der Waals surface area contributed by atoms with Crippen LogP contribution in [-0.4, -0.2) is 41.9 Å². The predicted molar refractivity (Wildman–Crippen MR) is 150 cm³/mol. The average Bonchev–Trinajstić information content (AvgIpc) is 3.30. The van der Waals surface area contributed by atoms with Crippen molar-refractivity contribution in [1.82, 2.24) is 9.80 Å². The van der Waals surface area contributed by atoms with Crippen LogP contribution >= 0.6 is 0 Å². The second-order valence-electron chi connectivity index (χ2n) is 11.6. The fraction of sp³-hybridized carbons (Fsp3) is 0.545. The Bertz CT molecular complexity index is 1110. The molecule has 5 rings (SSSR count). The highest BCUT2D eigenvalue weighted by atomic mass is 16.2. The molecule has 0 radical (unpaired) electrons. The summed E-state index contributed by atoms with van der Waals surface area (Å²) < 4.78 is 0. The van der Waals surface area contributed by atoms with Crippen LogP contribution in [0.3, 0.4) is 0 Å². The van der Waals surface area contributed by atoms with Crippen molar-refractivity contribution in [2.45, 2.75) is 89.1 Å². The third kappa shape index (κ3) is 4.04. The van der Waals surface area contributed by atoms with Gasteiger partial charge >= 0.3 is 0 Å². The summed E-state index contributed by atoms with van der Waals surface area (Å²) in [6.45, 7) is 5.31. The van der Waals surface area contributed by atoms with Crippen LogP contribution in [0, 0.1) is 5.92 Å². The fourth-order valence-electron chi connectivity index (χ4n) is 7.65. The van der Waals surface area contributed by atoms with Crippen molar-refractivity contribution in [3.8, 4) is 0 Å². The topological polar surface area (TPSA) is 23.6 Å². The molecular weight excluding hydrogens is 440 g/mol. The Morgan fingerprint density at radius 3 is 2.33 bits per heavy atom. The summed E-state index contributed by atoms with van der Waals surface area (Å²) in [5, 5.41) is 0. The van der Waals surface area contributed by atoms with Crippen LogP contribution in [-0.2, 0) is 16.8 Å². The summed E-state index contributed by atoms with van der Waals surface area (Å²) in [5.41, 5.74) is 7.32. The maximum Gasteiger partial charge on any atom is 0.226 e. The van der Waals surface area contributed by atoms with Crippen LogP contribution in [0.1, 0.15) is 88.3 Å². The summed E-state index contributed by atoms with van der Waals surface area (Å²) in [6.07, 6.45) is 10.5. The van der Waals surface area contributed by atoms with Gasteiger partial charge < -0.3 is 4.90 Å². The number of carbonyl (C=O) groups is 1. The van der Waals surface area contributed by atoms with E-state index in [0.29, 0.717) is 5.91 Å². The average molecular weight is 485 g/mol. The lowest BCUT2D eigenvalue weighted by molar-refractivity contribution is -0.144. The van der Waals surface area contributed by atoms with Gasteiger partial charge in [-0.05, 0) is 93.3 Å². The minimum absolute atomic E-state index is 0.0250. The van der Waals surface area contributed by atoms with Gasteiger partial charge in [-0.3, -0.25) is 9.69 Å². The summed E-state index contributed by atoms with van der Waals surface area (Å²) in [4.78, 5) is 19.1. The van der Waals surface area contributed by atoms with Crippen molar-refractivity contribution in [3.63, 3.8) is 0 Å². The van der Waals surface area contributed by atoms with Crippen LogP contribution in [0.25, 0.3) is 5.57 Å². The number of amides is 1. The first-order valence-corrected chi connectivity index (χ1v) is 14.3. The van der Waals surface area contributed by atoms with Crippen molar-refractivity contribution >= 4 is 11.5 Å². The van der Waals surface area contributed by atoms with Crippen molar-refractivity contribution in [3.05, 3.63) is 76.9 Å². The molecule has 1 aliphatic heterocycles. The smallest absolute Gasteiger partial charge is 0.226 e. The molecule has 1 spiro atoms. The Balaban J connectivity index is 1.54. The van der Waals surface area contributed by atoms with E-state index in [2.05, 4.69) is 92.3 Å². The van der Waals surface area contributed by atoms with Crippen molar-refractivity contribution < 1.29 is 4.79 Å². The molecule has 1 fully saturated rings. The molecule has 0 aromatic heterocycles. The number of hydrogen-bond donors (Lipinski definition) is 0. The molecule has 1 heterocycles. The summed E-state index contributed by atoms with van der Waals surface area (Å²) in [7, 11) is 4.48. The van der Waals surface area contributed by atoms with Crippen LogP contribution in [0.4, 0.5) is 0 Å². The molecule has 36 heavy (non-hydrogen) atoms. The quantitative estimate of drug-likeness (QED) is 0.414. The van der Waals surface area contributed by atoms with Gasteiger partial charge in [0.25, 0.3) is 0 Å². The van der Waals surface area contributed by atoms with Gasteiger partial charge in [-0.15, -0.1) is 0 Å². The second-order valence-corrected chi connectivity index (χ2v) is 11.6. The largest absolute Gasteiger partial charge is 0.333 e. The Kier molecular flexibility index (Phi) is 7.14. The van der Waals surface area contributed by atoms with E-state index in [4.69, 9.17) is 0 Å². The summed E-state index contributed by atoms with van der Waals surface area (Å²) >= 11 is 0. The first kappa shape index (κ1) is 25.3. The molecule has 0 saturated heterocycles. The third-order valence-corrected chi connectivity index (χ3v) is 9.82. The van der Waals surface area contributed by atoms with Crippen LogP contribution in [0.15, 0.2) is 60.2 Å². The van der Waals surface area contributed by atoms with Gasteiger partial charge in [-0.1, -0.05) is 81.3 Å². The van der Waals surface area contributed by atoms with E-state index >= 15 is 0 Å². The molecule has 1 saturated carbocycles. The van der Waals surface area contributed by atoms with Gasteiger partial charge in [-0.2, -0.15) is 0 Å². The number of rotatable bonds is 7. The second kappa shape index (κ2) is 10.2. The molecule has 3 heteroatoms. The lowest BCUT2D eigenvalue weighted by Crippen LogP contribution is -2.61. The SMILES string of the molecule is CCCCC(CC)C(=O)N1CCC2=C(Cc3ccccc32)C12CCC(c1ccccc1)(N(C)C)CC2. The standard InChI is InChI=1S/C33H44N2O/c1-5-7-13-25(6-2)31(36)35-23-18-29-28-17-12-11-14-26(28)24-30(29)33(35)21-19-32(20-22-33,34(3)4)27-15-9-8-10-16-27/h8-12,14-17,25H,5-7,13,18-24H2,1-4H3. The number of carbonyl (C=O) groups excluding carboxylic acids is 1. The zero-order valence-corrected chi connectivity index (χ0v) is 22.9. The lowest BCUT2D eigenvalue weighted by atomic mass is 9.63. The molecule has 3 nitrogen and oxygen atoms in total. The van der Waals surface area contributed by atoms with Gasteiger partial charge in [0.2, 0.25) is 5.91 Å². The van der Waals surface area contributed by atoms with E-state index in [-0.39, 0.29) is 17.0 Å². The van der Waals surface area contributed by atoms with Gasteiger partial charge in [0.1, 0.15) is 0 Å². The maximum absolute atomic E-state index is 14.2. The predicted octanol–water partition coefficient (Wildman–Crippen LogP) is 7.21. The monoisotopic (exact) mass is 484 g/mol. The Morgan fingerprint density at radius 1 is 0.972 bits per heavy atom. The number of nitrogens with zero attached hydrogens (tertiary/aromatic N) is 2. The lowest BCUT2D eigenvalue weighted by Gasteiger charge is -2.56. The van der Waals surface area contributed by atoms with Crippen LogP contribution in [0.2, 0.25) is 0 Å². The van der Waals surface area contributed by atoms with Crippen LogP contribution in [0.5, 0.6) is 0 Å². The first-order chi connectivity index (χ1) is 17.5. The summed E-state index contributed by atoms with van der Waals surface area (Å²) in [5.74, 6) is 0.577. The molecule has 1 unspecified atom stereocenters. The molecule has 0 bridgehead atoms. The number of unbranched alkanes of at least 4 members (excludes halogenated alkanes) is 1. The zero-order valence-electron chi connectivity index (χ0n) is 22.9. The minimum atomic E-state index is -0.141. The van der Waals surface area contributed by atoms with Crippen molar-refractivity contribution in [2.75, 3.05) is 20.6 Å². The molecule has 1 atom stereocenters. The van der Waals surface area contributed by atoms with E-state index in [9.17, 15) is 4.79 Å². The number of hydrogen-bond acceptors (Lipinski definition) is 2. The van der Waals surface area contributed by atoms with Crippen molar-refractivity contribution in [1.29, 1.82) is 0 Å². The number of benzene rings is 2. The molecular formula is C33H44N2O. The van der Waals surface area contributed by atoms with Gasteiger partial charge in [-0.25, -0.2) is 0 Å². The highest BCUT2D eigenvalue weighted by molar-refractivity contribution is 5.85. The molecule has 2 aromatic carbocycles. The van der Waals surface area contributed by atoms with E-state index in [1.54, 1.807) is 11.1 Å². The Hall–Kier alpha value is -2.39. The fourth-order valence-corrected chi connectivity index (χ4v) is 7.65. The first-order valence-electron chi connectivity index (χ1n) is 14.3. The minimum Gasteiger partial charge on any atom is -0.333 e. The normalized spacial score (nSPS) is 26.3. The Morgan fingerprint density at radius 2 is 1.67 bits per heavy atom. The van der Waals surface area contributed by atoms with E-state index in [1.165, 1.54) is 16.7 Å². The summed E-state index contributed by atoms with van der Waals surface area (Å²) in [6, 6.07) is 20.1. The molecule has 1 amide bonds. The van der Waals surface area contributed by atoms with Gasteiger partial charge in [0.15, 0.2) is 0 Å².